The van der Waals surface area contributed by atoms with Gasteiger partial charge in [0.1, 0.15) is 6.10 Å². The molecule has 0 fully saturated rings. The summed E-state index contributed by atoms with van der Waals surface area (Å²) in [5.41, 5.74) is -1.62. The highest BCUT2D eigenvalue weighted by Gasteiger charge is 2.28. The molecular weight excluding hydrogens is 184 g/mol. The lowest BCUT2D eigenvalue weighted by atomic mass is 10.4. The molecule has 0 amide bonds. The van der Waals surface area contributed by atoms with Crippen molar-refractivity contribution in [3.05, 3.63) is 12.3 Å². The van der Waals surface area contributed by atoms with Crippen LogP contribution < -0.4 is 0 Å². The Bertz CT molecular complexity index is 241. The molecule has 0 heterocycles. The molecule has 6 heteroatoms. The molecule has 0 aliphatic carbocycles. The van der Waals surface area contributed by atoms with Crippen LogP contribution in [0.1, 0.15) is 13.8 Å². The normalized spacial score (nSPS) is 17.7. The fourth-order valence-electron chi connectivity index (χ4n) is 0.589. The fourth-order valence-corrected chi connectivity index (χ4v) is 1.29. The van der Waals surface area contributed by atoms with Crippen molar-refractivity contribution in [1.82, 2.24) is 0 Å². The topological polar surface area (TPSA) is 83.8 Å². The number of rotatable bonds is 4. The van der Waals surface area contributed by atoms with Crippen LogP contribution in [0.15, 0.2) is 12.3 Å². The van der Waals surface area contributed by atoms with Crippen molar-refractivity contribution < 1.29 is 22.8 Å². The van der Waals surface area contributed by atoms with Gasteiger partial charge in [0.25, 0.3) is 0 Å². The largest absolute Gasteiger partial charge is 0.477 e. The van der Waals surface area contributed by atoms with E-state index in [1.54, 1.807) is 6.92 Å². The highest BCUT2D eigenvalue weighted by atomic mass is 32.2. The Hall–Kier alpha value is -0.590. The summed E-state index contributed by atoms with van der Waals surface area (Å²) in [6.45, 7) is 2.82. The van der Waals surface area contributed by atoms with Crippen LogP contribution in [0.2, 0.25) is 0 Å². The van der Waals surface area contributed by atoms with E-state index in [2.05, 4.69) is 4.74 Å². The van der Waals surface area contributed by atoms with E-state index in [1.807, 2.05) is 0 Å². The van der Waals surface area contributed by atoms with Gasteiger partial charge in [-0.15, -0.1) is 0 Å². The van der Waals surface area contributed by atoms with E-state index in [0.29, 0.717) is 0 Å². The van der Waals surface area contributed by atoms with Crippen molar-refractivity contribution in [3.63, 3.8) is 0 Å². The number of allylic oxidation sites excluding steroid dienone is 1. The van der Waals surface area contributed by atoms with Crippen molar-refractivity contribution in [2.45, 2.75) is 25.4 Å². The van der Waals surface area contributed by atoms with Crippen LogP contribution in [0.4, 0.5) is 0 Å². The molecule has 2 N–H and O–H groups in total. The van der Waals surface area contributed by atoms with Gasteiger partial charge >= 0.3 is 10.1 Å². The number of hydrogen-bond donors (Lipinski definition) is 2. The van der Waals surface area contributed by atoms with Crippen molar-refractivity contribution in [3.8, 4) is 0 Å². The first-order valence-electron chi connectivity index (χ1n) is 3.30. The maximum Gasteiger partial charge on any atom is 0.306 e. The van der Waals surface area contributed by atoms with Gasteiger partial charge in [-0.2, -0.15) is 8.42 Å². The molecule has 2 unspecified atom stereocenters. The van der Waals surface area contributed by atoms with Gasteiger partial charge in [-0.05, 0) is 13.8 Å². The van der Waals surface area contributed by atoms with Gasteiger partial charge in [-0.1, -0.05) is 6.08 Å². The summed E-state index contributed by atoms with van der Waals surface area (Å²) in [4.78, 5) is 0. The Labute approximate surface area is 71.4 Å². The van der Waals surface area contributed by atoms with Crippen molar-refractivity contribution >= 4 is 10.1 Å². The molecule has 0 spiro atoms. The minimum atomic E-state index is -4.36. The van der Waals surface area contributed by atoms with Crippen LogP contribution in [0.5, 0.6) is 0 Å². The van der Waals surface area contributed by atoms with E-state index >= 15 is 0 Å². The SMILES string of the molecule is CC=COC(C(C)O)S(=O)(=O)O. The maximum atomic E-state index is 10.5. The molecule has 2 atom stereocenters. The van der Waals surface area contributed by atoms with E-state index in [4.69, 9.17) is 9.66 Å². The molecule has 0 radical (unpaired) electrons. The number of aliphatic hydroxyl groups excluding tert-OH is 1. The van der Waals surface area contributed by atoms with Crippen LogP contribution >= 0.6 is 0 Å². The zero-order valence-corrected chi connectivity index (χ0v) is 7.65. The van der Waals surface area contributed by atoms with Gasteiger partial charge in [-0.3, -0.25) is 4.55 Å². The first-order valence-corrected chi connectivity index (χ1v) is 4.81. The second-order valence-electron chi connectivity index (χ2n) is 2.23. The number of ether oxygens (including phenoxy) is 1. The Balaban J connectivity index is 4.46. The minimum Gasteiger partial charge on any atom is -0.477 e. The van der Waals surface area contributed by atoms with E-state index in [-0.39, 0.29) is 0 Å². The molecule has 0 aromatic heterocycles. The molecule has 0 aromatic carbocycles. The van der Waals surface area contributed by atoms with Gasteiger partial charge in [0, 0.05) is 0 Å². The van der Waals surface area contributed by atoms with Gasteiger partial charge in [0.15, 0.2) is 0 Å². The first-order chi connectivity index (χ1) is 5.39. The van der Waals surface area contributed by atoms with Crippen LogP contribution in [-0.4, -0.2) is 29.6 Å². The van der Waals surface area contributed by atoms with Gasteiger partial charge in [-0.25, -0.2) is 0 Å². The van der Waals surface area contributed by atoms with Gasteiger partial charge in [0.2, 0.25) is 5.44 Å². The highest BCUT2D eigenvalue weighted by Crippen LogP contribution is 2.06. The number of aliphatic hydroxyl groups is 1. The fraction of sp³-hybridized carbons (Fsp3) is 0.667. The van der Waals surface area contributed by atoms with E-state index in [1.165, 1.54) is 13.0 Å². The average molecular weight is 196 g/mol. The summed E-state index contributed by atoms with van der Waals surface area (Å²) < 4.78 is 34.1. The van der Waals surface area contributed by atoms with Crippen LogP contribution in [0.3, 0.4) is 0 Å². The van der Waals surface area contributed by atoms with Crippen molar-refractivity contribution in [1.29, 1.82) is 0 Å². The molecule has 0 aliphatic heterocycles. The predicted octanol–water partition coefficient (Wildman–Crippen LogP) is 0.131. The maximum absolute atomic E-state index is 10.5. The Morgan fingerprint density at radius 2 is 2.00 bits per heavy atom. The molecule has 5 nitrogen and oxygen atoms in total. The van der Waals surface area contributed by atoms with Crippen LogP contribution in [0.25, 0.3) is 0 Å². The Kier molecular flexibility index (Phi) is 4.22. The molecule has 72 valence electrons. The number of hydrogen-bond acceptors (Lipinski definition) is 4. The van der Waals surface area contributed by atoms with Crippen LogP contribution in [-0.2, 0) is 14.9 Å². The summed E-state index contributed by atoms with van der Waals surface area (Å²) in [5.74, 6) is 0. The lowest BCUT2D eigenvalue weighted by molar-refractivity contribution is 0.0634. The summed E-state index contributed by atoms with van der Waals surface area (Å²) in [7, 11) is -4.36. The molecule has 0 aromatic rings. The zero-order chi connectivity index (χ0) is 9.78. The third kappa shape index (κ3) is 3.70. The zero-order valence-electron chi connectivity index (χ0n) is 6.84. The Morgan fingerprint density at radius 3 is 2.25 bits per heavy atom. The third-order valence-corrected chi connectivity index (χ3v) is 2.13. The summed E-state index contributed by atoms with van der Waals surface area (Å²) >= 11 is 0. The smallest absolute Gasteiger partial charge is 0.306 e. The van der Waals surface area contributed by atoms with E-state index < -0.39 is 21.7 Å². The highest BCUT2D eigenvalue weighted by molar-refractivity contribution is 7.86. The molecule has 0 rings (SSSR count). The summed E-state index contributed by atoms with van der Waals surface area (Å²) in [6.07, 6.45) is 1.25. The quantitative estimate of drug-likeness (QED) is 0.493. The summed E-state index contributed by atoms with van der Waals surface area (Å²) in [6, 6.07) is 0. The molecule has 12 heavy (non-hydrogen) atoms. The molecule has 0 bridgehead atoms. The third-order valence-electron chi connectivity index (χ3n) is 1.04. The molecule has 0 aliphatic rings. The average Bonchev–Trinajstić information content (AvgIpc) is 1.84. The van der Waals surface area contributed by atoms with E-state index in [0.717, 1.165) is 6.26 Å². The summed E-state index contributed by atoms with van der Waals surface area (Å²) in [5, 5.41) is 8.88. The Morgan fingerprint density at radius 1 is 1.50 bits per heavy atom. The standard InChI is InChI=1S/C6H12O5S/c1-3-4-11-6(5(2)7)12(8,9)10/h3-7H,1-2H3,(H,8,9,10). The molecule has 0 saturated carbocycles. The van der Waals surface area contributed by atoms with Gasteiger partial charge in [0.05, 0.1) is 6.26 Å². The minimum absolute atomic E-state index is 1.09. The van der Waals surface area contributed by atoms with Crippen LogP contribution in [0, 0.1) is 0 Å². The first kappa shape index (κ1) is 11.4. The predicted molar refractivity (Wildman–Crippen MR) is 42.9 cm³/mol. The second kappa shape index (κ2) is 4.44. The lowest BCUT2D eigenvalue weighted by Crippen LogP contribution is -2.32. The van der Waals surface area contributed by atoms with Gasteiger partial charge < -0.3 is 9.84 Å². The van der Waals surface area contributed by atoms with Crippen molar-refractivity contribution in [2.24, 2.45) is 0 Å². The van der Waals surface area contributed by atoms with E-state index in [9.17, 15) is 8.42 Å². The second-order valence-corrected chi connectivity index (χ2v) is 3.72. The van der Waals surface area contributed by atoms with Crippen molar-refractivity contribution in [2.75, 3.05) is 0 Å². The molecular formula is C6H12O5S. The monoisotopic (exact) mass is 196 g/mol. The lowest BCUT2D eigenvalue weighted by Gasteiger charge is -2.15. The molecule has 0 saturated heterocycles.